The van der Waals surface area contributed by atoms with Crippen molar-refractivity contribution in [2.45, 2.75) is 36.8 Å². The Bertz CT molecular complexity index is 570. The zero-order valence-electron chi connectivity index (χ0n) is 11.8. The van der Waals surface area contributed by atoms with E-state index in [1.807, 2.05) is 13.0 Å². The van der Waals surface area contributed by atoms with Crippen LogP contribution in [0.5, 0.6) is 0 Å². The monoisotopic (exact) mass is 306 g/mol. The molecule has 1 aromatic rings. The zero-order valence-corrected chi connectivity index (χ0v) is 12.7. The van der Waals surface area contributed by atoms with Crippen LogP contribution in [0.1, 0.15) is 30.1 Å². The van der Waals surface area contributed by atoms with Crippen LogP contribution in [0.3, 0.4) is 0 Å². The minimum atomic E-state index is -0.134. The Labute approximate surface area is 127 Å². The first-order chi connectivity index (χ1) is 10.1. The lowest BCUT2D eigenvalue weighted by Crippen LogP contribution is -2.40. The Morgan fingerprint density at radius 1 is 1.52 bits per heavy atom. The highest BCUT2D eigenvalue weighted by Gasteiger charge is 2.24. The SMILES string of the molecule is C[C@H](NC(=O)c1ccc2c(c1)NC(=O)CS2)[C@@H]1CCCO1. The number of carbonyl (C=O) groups excluding carboxylic acids is 2. The van der Waals surface area contributed by atoms with Gasteiger partial charge in [0.15, 0.2) is 0 Å². The number of anilines is 1. The topological polar surface area (TPSA) is 67.4 Å². The number of benzene rings is 1. The van der Waals surface area contributed by atoms with Crippen LogP contribution in [0.4, 0.5) is 5.69 Å². The second kappa shape index (κ2) is 6.07. The molecule has 1 saturated heterocycles. The molecule has 112 valence electrons. The van der Waals surface area contributed by atoms with E-state index in [4.69, 9.17) is 4.74 Å². The van der Waals surface area contributed by atoms with Crippen molar-refractivity contribution in [3.63, 3.8) is 0 Å². The standard InChI is InChI=1S/C15H18N2O3S/c1-9(12-3-2-6-20-12)16-15(19)10-4-5-13-11(7-10)17-14(18)8-21-13/h4-5,7,9,12H,2-3,6,8H2,1H3,(H,16,19)(H,17,18)/t9-,12-/m0/s1. The first-order valence-electron chi connectivity index (χ1n) is 7.12. The summed E-state index contributed by atoms with van der Waals surface area (Å²) in [5.74, 6) is 0.262. The highest BCUT2D eigenvalue weighted by Crippen LogP contribution is 2.32. The molecule has 5 nitrogen and oxygen atoms in total. The maximum absolute atomic E-state index is 12.3. The number of hydrogen-bond donors (Lipinski definition) is 2. The predicted octanol–water partition coefficient (Wildman–Crippen LogP) is 2.03. The average Bonchev–Trinajstić information content (AvgIpc) is 3.00. The van der Waals surface area contributed by atoms with Gasteiger partial charge in [-0.15, -0.1) is 11.8 Å². The van der Waals surface area contributed by atoms with Gasteiger partial charge in [0.25, 0.3) is 5.91 Å². The zero-order chi connectivity index (χ0) is 14.8. The fourth-order valence-electron chi connectivity index (χ4n) is 2.60. The number of ether oxygens (including phenoxy) is 1. The number of thioether (sulfide) groups is 1. The van der Waals surface area contributed by atoms with Crippen LogP contribution in [0.2, 0.25) is 0 Å². The Balaban J connectivity index is 1.69. The van der Waals surface area contributed by atoms with Gasteiger partial charge >= 0.3 is 0 Å². The molecular formula is C15H18N2O3S. The summed E-state index contributed by atoms with van der Waals surface area (Å²) in [6, 6.07) is 5.39. The summed E-state index contributed by atoms with van der Waals surface area (Å²) in [6.45, 7) is 2.73. The number of nitrogens with one attached hydrogen (secondary N) is 2. The molecule has 2 amide bonds. The molecule has 0 aliphatic carbocycles. The van der Waals surface area contributed by atoms with E-state index >= 15 is 0 Å². The van der Waals surface area contributed by atoms with Gasteiger partial charge in [0.05, 0.1) is 23.6 Å². The minimum absolute atomic E-state index is 0.0139. The molecule has 1 fully saturated rings. The van der Waals surface area contributed by atoms with E-state index in [-0.39, 0.29) is 24.0 Å². The summed E-state index contributed by atoms with van der Waals surface area (Å²) >= 11 is 1.49. The smallest absolute Gasteiger partial charge is 0.251 e. The van der Waals surface area contributed by atoms with Crippen LogP contribution >= 0.6 is 11.8 Å². The van der Waals surface area contributed by atoms with Gasteiger partial charge in [0.1, 0.15) is 0 Å². The Hall–Kier alpha value is -1.53. The molecule has 0 bridgehead atoms. The maximum atomic E-state index is 12.3. The number of hydrogen-bond acceptors (Lipinski definition) is 4. The summed E-state index contributed by atoms with van der Waals surface area (Å²) < 4.78 is 5.58. The van der Waals surface area contributed by atoms with Crippen molar-refractivity contribution < 1.29 is 14.3 Å². The molecule has 2 atom stereocenters. The van der Waals surface area contributed by atoms with Crippen LogP contribution in [-0.4, -0.2) is 36.3 Å². The van der Waals surface area contributed by atoms with Crippen molar-refractivity contribution in [2.24, 2.45) is 0 Å². The molecule has 0 aromatic heterocycles. The van der Waals surface area contributed by atoms with Crippen molar-refractivity contribution in [1.29, 1.82) is 0 Å². The molecule has 0 saturated carbocycles. The van der Waals surface area contributed by atoms with E-state index in [1.54, 1.807) is 12.1 Å². The molecule has 1 aromatic carbocycles. The van der Waals surface area contributed by atoms with Gasteiger partial charge in [-0.3, -0.25) is 9.59 Å². The van der Waals surface area contributed by atoms with Gasteiger partial charge < -0.3 is 15.4 Å². The highest BCUT2D eigenvalue weighted by molar-refractivity contribution is 8.00. The molecule has 0 radical (unpaired) electrons. The molecular weight excluding hydrogens is 288 g/mol. The van der Waals surface area contributed by atoms with Crippen LogP contribution in [0.15, 0.2) is 23.1 Å². The van der Waals surface area contributed by atoms with Gasteiger partial charge in [-0.1, -0.05) is 0 Å². The Kier molecular flexibility index (Phi) is 4.17. The lowest BCUT2D eigenvalue weighted by atomic mass is 10.1. The summed E-state index contributed by atoms with van der Waals surface area (Å²) in [5, 5.41) is 5.77. The van der Waals surface area contributed by atoms with E-state index in [1.165, 1.54) is 11.8 Å². The molecule has 6 heteroatoms. The Morgan fingerprint density at radius 3 is 3.14 bits per heavy atom. The number of amides is 2. The summed E-state index contributed by atoms with van der Waals surface area (Å²) in [4.78, 5) is 24.7. The first kappa shape index (κ1) is 14.4. The fourth-order valence-corrected chi connectivity index (χ4v) is 3.39. The molecule has 2 aliphatic heterocycles. The van der Waals surface area contributed by atoms with Crippen LogP contribution in [0, 0.1) is 0 Å². The molecule has 3 rings (SSSR count). The van der Waals surface area contributed by atoms with Gasteiger partial charge in [-0.2, -0.15) is 0 Å². The van der Waals surface area contributed by atoms with E-state index < -0.39 is 0 Å². The second-order valence-corrected chi connectivity index (χ2v) is 6.38. The largest absolute Gasteiger partial charge is 0.376 e. The van der Waals surface area contributed by atoms with Crippen LogP contribution in [0.25, 0.3) is 0 Å². The van der Waals surface area contributed by atoms with Crippen LogP contribution < -0.4 is 10.6 Å². The minimum Gasteiger partial charge on any atom is -0.376 e. The van der Waals surface area contributed by atoms with Crippen molar-refractivity contribution in [3.05, 3.63) is 23.8 Å². The third-order valence-corrected chi connectivity index (χ3v) is 4.83. The van der Waals surface area contributed by atoms with E-state index in [2.05, 4.69) is 10.6 Å². The van der Waals surface area contributed by atoms with Crippen molar-refractivity contribution in [2.75, 3.05) is 17.7 Å². The number of fused-ring (bicyclic) bond motifs is 1. The molecule has 0 unspecified atom stereocenters. The number of rotatable bonds is 3. The van der Waals surface area contributed by atoms with Crippen LogP contribution in [-0.2, 0) is 9.53 Å². The van der Waals surface area contributed by atoms with Crippen molar-refractivity contribution >= 4 is 29.3 Å². The van der Waals surface area contributed by atoms with E-state index in [9.17, 15) is 9.59 Å². The lowest BCUT2D eigenvalue weighted by Gasteiger charge is -2.21. The summed E-state index contributed by atoms with van der Waals surface area (Å²) in [6.07, 6.45) is 2.13. The highest BCUT2D eigenvalue weighted by atomic mass is 32.2. The van der Waals surface area contributed by atoms with E-state index in [0.717, 1.165) is 24.3 Å². The predicted molar refractivity (Wildman–Crippen MR) is 81.7 cm³/mol. The molecule has 0 spiro atoms. The van der Waals surface area contributed by atoms with Gasteiger partial charge in [-0.25, -0.2) is 0 Å². The average molecular weight is 306 g/mol. The van der Waals surface area contributed by atoms with Crippen molar-refractivity contribution in [3.8, 4) is 0 Å². The molecule has 2 N–H and O–H groups in total. The lowest BCUT2D eigenvalue weighted by molar-refractivity contribution is -0.113. The third-order valence-electron chi connectivity index (χ3n) is 3.76. The van der Waals surface area contributed by atoms with Crippen molar-refractivity contribution in [1.82, 2.24) is 5.32 Å². The normalized spacial score (nSPS) is 22.3. The number of carbonyl (C=O) groups is 2. The van der Waals surface area contributed by atoms with Gasteiger partial charge in [-0.05, 0) is 38.0 Å². The maximum Gasteiger partial charge on any atom is 0.251 e. The quantitative estimate of drug-likeness (QED) is 0.896. The fraction of sp³-hybridized carbons (Fsp3) is 0.467. The molecule has 2 aliphatic rings. The van der Waals surface area contributed by atoms with Gasteiger partial charge in [0.2, 0.25) is 5.91 Å². The molecule has 2 heterocycles. The first-order valence-corrected chi connectivity index (χ1v) is 8.11. The summed E-state index contributed by atoms with van der Waals surface area (Å²) in [5.41, 5.74) is 1.27. The van der Waals surface area contributed by atoms with Gasteiger partial charge in [0, 0.05) is 17.1 Å². The summed E-state index contributed by atoms with van der Waals surface area (Å²) in [7, 11) is 0. The van der Waals surface area contributed by atoms with E-state index in [0.29, 0.717) is 17.0 Å². The molecule has 21 heavy (non-hydrogen) atoms. The second-order valence-electron chi connectivity index (χ2n) is 5.36. The Morgan fingerprint density at radius 2 is 2.38 bits per heavy atom. The third kappa shape index (κ3) is 3.22.